The molecule has 0 atom stereocenters. The Kier molecular flexibility index (Phi) is 3.51. The van der Waals surface area contributed by atoms with Gasteiger partial charge < -0.3 is 10.3 Å². The van der Waals surface area contributed by atoms with Crippen LogP contribution in [-0.2, 0) is 0 Å². The number of nitriles is 1. The quantitative estimate of drug-likeness (QED) is 0.888. The smallest absolute Gasteiger partial charge is 0.256 e. The second-order valence-corrected chi connectivity index (χ2v) is 4.14. The van der Waals surface area contributed by atoms with Crippen molar-refractivity contribution >= 4 is 34.9 Å². The lowest BCUT2D eigenvalue weighted by atomic mass is 10.2. The molecule has 5 nitrogen and oxygen atoms in total. The highest BCUT2D eigenvalue weighted by molar-refractivity contribution is 6.42. The van der Waals surface area contributed by atoms with Gasteiger partial charge in [-0.25, -0.2) is 4.98 Å². The summed E-state index contributed by atoms with van der Waals surface area (Å²) in [6.07, 6.45) is 1.32. The van der Waals surface area contributed by atoms with Gasteiger partial charge in [0.1, 0.15) is 6.07 Å². The largest absolute Gasteiger partial charge is 0.335 e. The molecule has 1 heterocycles. The zero-order valence-electron chi connectivity index (χ0n) is 8.87. The van der Waals surface area contributed by atoms with Crippen LogP contribution in [-0.4, -0.2) is 15.9 Å². The van der Waals surface area contributed by atoms with E-state index in [0.29, 0.717) is 10.6 Å². The SMILES string of the molecule is N#Cc1[nH]cnc1NC(=O)c1ccc(Cl)c(Cl)c1. The number of carbonyl (C=O) groups is 1. The van der Waals surface area contributed by atoms with Crippen molar-refractivity contribution in [3.63, 3.8) is 0 Å². The van der Waals surface area contributed by atoms with Crippen LogP contribution in [0.3, 0.4) is 0 Å². The van der Waals surface area contributed by atoms with Crippen molar-refractivity contribution in [2.45, 2.75) is 0 Å². The van der Waals surface area contributed by atoms with Gasteiger partial charge in [0.2, 0.25) is 0 Å². The van der Waals surface area contributed by atoms with Gasteiger partial charge in [0.15, 0.2) is 11.5 Å². The second kappa shape index (κ2) is 5.08. The zero-order chi connectivity index (χ0) is 13.1. The van der Waals surface area contributed by atoms with Crippen LogP contribution < -0.4 is 5.32 Å². The minimum Gasteiger partial charge on any atom is -0.335 e. The Morgan fingerprint density at radius 1 is 1.39 bits per heavy atom. The number of nitrogens with one attached hydrogen (secondary N) is 2. The number of hydrogen-bond donors (Lipinski definition) is 2. The molecule has 0 saturated heterocycles. The summed E-state index contributed by atoms with van der Waals surface area (Å²) in [4.78, 5) is 18.3. The number of rotatable bonds is 2. The van der Waals surface area contributed by atoms with Crippen LogP contribution in [0, 0.1) is 11.3 Å². The monoisotopic (exact) mass is 280 g/mol. The first kappa shape index (κ1) is 12.4. The van der Waals surface area contributed by atoms with E-state index >= 15 is 0 Å². The minimum absolute atomic E-state index is 0.175. The van der Waals surface area contributed by atoms with Gasteiger partial charge in [0.05, 0.1) is 16.4 Å². The van der Waals surface area contributed by atoms with Crippen LogP contribution in [0.2, 0.25) is 10.0 Å². The Hall–Kier alpha value is -2.03. The number of imidazole rings is 1. The molecule has 0 aliphatic rings. The van der Waals surface area contributed by atoms with Gasteiger partial charge in [0.25, 0.3) is 5.91 Å². The Morgan fingerprint density at radius 3 is 2.83 bits per heavy atom. The van der Waals surface area contributed by atoms with Crippen LogP contribution in [0.15, 0.2) is 24.5 Å². The number of anilines is 1. The summed E-state index contributed by atoms with van der Waals surface area (Å²) in [6, 6.07) is 6.37. The van der Waals surface area contributed by atoms with Crippen LogP contribution in [0.25, 0.3) is 0 Å². The van der Waals surface area contributed by atoms with Crippen LogP contribution in [0.5, 0.6) is 0 Å². The molecule has 2 rings (SSSR count). The fourth-order valence-electron chi connectivity index (χ4n) is 1.29. The second-order valence-electron chi connectivity index (χ2n) is 3.32. The fourth-order valence-corrected chi connectivity index (χ4v) is 1.59. The Labute approximate surface area is 112 Å². The maximum Gasteiger partial charge on any atom is 0.256 e. The molecule has 1 aromatic heterocycles. The van der Waals surface area contributed by atoms with E-state index in [0.717, 1.165) is 0 Å². The number of amides is 1. The Bertz CT molecular complexity index is 645. The molecule has 0 bridgehead atoms. The lowest BCUT2D eigenvalue weighted by molar-refractivity contribution is 0.102. The van der Waals surface area contributed by atoms with Crippen molar-refractivity contribution < 1.29 is 4.79 Å². The number of aromatic amines is 1. The number of hydrogen-bond acceptors (Lipinski definition) is 3. The Morgan fingerprint density at radius 2 is 2.17 bits per heavy atom. The summed E-state index contributed by atoms with van der Waals surface area (Å²) in [5.74, 6) is -0.245. The lowest BCUT2D eigenvalue weighted by Gasteiger charge is -2.03. The van der Waals surface area contributed by atoms with Crippen molar-refractivity contribution in [1.82, 2.24) is 9.97 Å². The number of halogens is 2. The van der Waals surface area contributed by atoms with E-state index in [9.17, 15) is 4.79 Å². The molecule has 90 valence electrons. The zero-order valence-corrected chi connectivity index (χ0v) is 10.4. The van der Waals surface area contributed by atoms with E-state index in [4.69, 9.17) is 28.5 Å². The number of nitrogens with zero attached hydrogens (tertiary/aromatic N) is 2. The molecular formula is C11H6Cl2N4O. The van der Waals surface area contributed by atoms with Gasteiger partial charge >= 0.3 is 0 Å². The van der Waals surface area contributed by atoms with Crippen molar-refractivity contribution in [1.29, 1.82) is 5.26 Å². The topological polar surface area (TPSA) is 81.6 Å². The van der Waals surface area contributed by atoms with Crippen molar-refractivity contribution in [2.24, 2.45) is 0 Å². The predicted molar refractivity (Wildman–Crippen MR) is 67.7 cm³/mol. The molecule has 2 N–H and O–H groups in total. The highest BCUT2D eigenvalue weighted by Crippen LogP contribution is 2.23. The minimum atomic E-state index is -0.419. The molecular weight excluding hydrogens is 275 g/mol. The summed E-state index contributed by atoms with van der Waals surface area (Å²) >= 11 is 11.6. The summed E-state index contributed by atoms with van der Waals surface area (Å²) in [7, 11) is 0. The average Bonchev–Trinajstić information content (AvgIpc) is 2.79. The van der Waals surface area contributed by atoms with Gasteiger partial charge in [-0.1, -0.05) is 23.2 Å². The van der Waals surface area contributed by atoms with E-state index in [1.54, 1.807) is 0 Å². The van der Waals surface area contributed by atoms with Gasteiger partial charge in [-0.15, -0.1) is 0 Å². The third kappa shape index (κ3) is 2.45. The summed E-state index contributed by atoms with van der Waals surface area (Å²) in [5, 5.41) is 11.9. The molecule has 18 heavy (non-hydrogen) atoms. The maximum atomic E-state index is 11.9. The third-order valence-electron chi connectivity index (χ3n) is 2.16. The van der Waals surface area contributed by atoms with E-state index in [1.807, 2.05) is 6.07 Å². The van der Waals surface area contributed by atoms with E-state index < -0.39 is 5.91 Å². The molecule has 0 saturated carbocycles. The highest BCUT2D eigenvalue weighted by Gasteiger charge is 2.12. The van der Waals surface area contributed by atoms with E-state index in [2.05, 4.69) is 15.3 Å². The highest BCUT2D eigenvalue weighted by atomic mass is 35.5. The molecule has 0 aliphatic heterocycles. The molecule has 0 radical (unpaired) electrons. The lowest BCUT2D eigenvalue weighted by Crippen LogP contribution is -2.13. The summed E-state index contributed by atoms with van der Waals surface area (Å²) in [5.41, 5.74) is 0.514. The molecule has 0 spiro atoms. The number of H-pyrrole nitrogens is 1. The van der Waals surface area contributed by atoms with Gasteiger partial charge in [-0.2, -0.15) is 5.26 Å². The molecule has 1 aromatic carbocycles. The normalized spacial score (nSPS) is 9.83. The molecule has 2 aromatic rings. The Balaban J connectivity index is 2.23. The van der Waals surface area contributed by atoms with Crippen molar-refractivity contribution in [3.05, 3.63) is 45.8 Å². The van der Waals surface area contributed by atoms with Crippen LogP contribution in [0.4, 0.5) is 5.82 Å². The first-order valence-electron chi connectivity index (χ1n) is 4.81. The van der Waals surface area contributed by atoms with E-state index in [1.165, 1.54) is 24.5 Å². The third-order valence-corrected chi connectivity index (χ3v) is 2.90. The molecule has 7 heteroatoms. The fraction of sp³-hybridized carbons (Fsp3) is 0. The molecule has 0 unspecified atom stereocenters. The first-order valence-corrected chi connectivity index (χ1v) is 5.57. The number of carbonyl (C=O) groups excluding carboxylic acids is 1. The predicted octanol–water partition coefficient (Wildman–Crippen LogP) is 2.84. The van der Waals surface area contributed by atoms with Crippen LogP contribution in [0.1, 0.15) is 16.1 Å². The van der Waals surface area contributed by atoms with Gasteiger partial charge in [-0.3, -0.25) is 4.79 Å². The maximum absolute atomic E-state index is 11.9. The molecule has 1 amide bonds. The van der Waals surface area contributed by atoms with E-state index in [-0.39, 0.29) is 16.5 Å². The van der Waals surface area contributed by atoms with Gasteiger partial charge in [0, 0.05) is 5.56 Å². The molecule has 0 fully saturated rings. The van der Waals surface area contributed by atoms with Crippen molar-refractivity contribution in [3.8, 4) is 6.07 Å². The first-order chi connectivity index (χ1) is 8.61. The van der Waals surface area contributed by atoms with Crippen molar-refractivity contribution in [2.75, 3.05) is 5.32 Å². The number of benzene rings is 1. The van der Waals surface area contributed by atoms with Gasteiger partial charge in [-0.05, 0) is 18.2 Å². The molecule has 0 aliphatic carbocycles. The number of aromatic nitrogens is 2. The standard InChI is InChI=1S/C11H6Cl2N4O/c12-7-2-1-6(3-8(7)13)11(18)17-10-9(4-14)15-5-16-10/h1-3,5H,(H,15,16)(H,17,18). The average molecular weight is 281 g/mol. The summed E-state index contributed by atoms with van der Waals surface area (Å²) < 4.78 is 0. The summed E-state index contributed by atoms with van der Waals surface area (Å²) in [6.45, 7) is 0. The van der Waals surface area contributed by atoms with Crippen LogP contribution >= 0.6 is 23.2 Å².